The summed E-state index contributed by atoms with van der Waals surface area (Å²) in [5.41, 5.74) is -3.63. The van der Waals surface area contributed by atoms with E-state index in [-0.39, 0.29) is 35.4 Å². The monoisotopic (exact) mass is 647 g/mol. The minimum atomic E-state index is -4.78. The van der Waals surface area contributed by atoms with Crippen LogP contribution in [0.15, 0.2) is 47.4 Å². The first-order chi connectivity index (χ1) is 20.9. The number of carboxylic acids is 1. The van der Waals surface area contributed by atoms with Crippen LogP contribution in [0.4, 0.5) is 40.8 Å². The predicted molar refractivity (Wildman–Crippen MR) is 144 cm³/mol. The summed E-state index contributed by atoms with van der Waals surface area (Å²) in [6.45, 7) is -0.109. The molecule has 2 aromatic carbocycles. The van der Waals surface area contributed by atoms with Gasteiger partial charge in [0.05, 0.1) is 24.3 Å². The van der Waals surface area contributed by atoms with Gasteiger partial charge in [-0.1, -0.05) is 24.3 Å². The summed E-state index contributed by atoms with van der Waals surface area (Å²) in [5.74, 6) is -6.14. The standard InChI is InChI=1S/C29H25F8N3O5/c1-14-18(28(32,33)34)12-39(2)26(42)23(14)16-5-3-15(4-6-16)9-21(27(43)44)38-25(41)24-19(30)10-17(11-20(24)31)40-7-8-45-13-22(40)29(35,36)37/h3-6,10-12,21-22H,7-9,13H2,1-2H3,(H,38,41)(H,43,44)/t21-,22+/m0/s1. The molecule has 0 bridgehead atoms. The maximum absolute atomic E-state index is 14.9. The van der Waals surface area contributed by atoms with Gasteiger partial charge in [0, 0.05) is 31.9 Å². The number of hydrogen-bond acceptors (Lipinski definition) is 5. The van der Waals surface area contributed by atoms with Gasteiger partial charge in [0.15, 0.2) is 0 Å². The molecule has 1 fully saturated rings. The molecule has 1 aliphatic rings. The lowest BCUT2D eigenvalue weighted by Crippen LogP contribution is -2.53. The Balaban J connectivity index is 1.56. The lowest BCUT2D eigenvalue weighted by Gasteiger charge is -2.38. The van der Waals surface area contributed by atoms with Crippen LogP contribution in [0.2, 0.25) is 0 Å². The summed E-state index contributed by atoms with van der Waals surface area (Å²) >= 11 is 0. The van der Waals surface area contributed by atoms with Gasteiger partial charge in [0.1, 0.15) is 29.3 Å². The van der Waals surface area contributed by atoms with Gasteiger partial charge in [0.2, 0.25) is 0 Å². The van der Waals surface area contributed by atoms with Gasteiger partial charge in [0.25, 0.3) is 11.5 Å². The van der Waals surface area contributed by atoms with E-state index in [0.29, 0.717) is 23.2 Å². The molecule has 0 spiro atoms. The maximum Gasteiger partial charge on any atom is 0.418 e. The van der Waals surface area contributed by atoms with Crippen molar-refractivity contribution in [3.05, 3.63) is 86.8 Å². The van der Waals surface area contributed by atoms with Crippen molar-refractivity contribution < 1.29 is 54.6 Å². The molecule has 1 amide bonds. The van der Waals surface area contributed by atoms with Gasteiger partial charge in [-0.15, -0.1) is 0 Å². The number of rotatable bonds is 7. The summed E-state index contributed by atoms with van der Waals surface area (Å²) < 4.78 is 116. The van der Waals surface area contributed by atoms with E-state index in [1.165, 1.54) is 24.3 Å². The number of morpholine rings is 1. The van der Waals surface area contributed by atoms with Crippen LogP contribution in [0.3, 0.4) is 0 Å². The van der Waals surface area contributed by atoms with Gasteiger partial charge in [-0.25, -0.2) is 13.6 Å². The van der Waals surface area contributed by atoms with Gasteiger partial charge in [-0.3, -0.25) is 9.59 Å². The highest BCUT2D eigenvalue weighted by atomic mass is 19.4. The zero-order valence-electron chi connectivity index (χ0n) is 23.5. The highest BCUT2D eigenvalue weighted by Gasteiger charge is 2.46. The Hall–Kier alpha value is -4.47. The van der Waals surface area contributed by atoms with Gasteiger partial charge in [-0.2, -0.15) is 26.3 Å². The van der Waals surface area contributed by atoms with E-state index in [1.807, 2.05) is 5.32 Å². The topological polar surface area (TPSA) is 101 Å². The first kappa shape index (κ1) is 33.4. The summed E-state index contributed by atoms with van der Waals surface area (Å²) in [4.78, 5) is 38.0. The SMILES string of the molecule is Cc1c(C(F)(F)F)cn(C)c(=O)c1-c1ccc(C[C@H](NC(=O)c2c(F)cc(N3CCOC[C@@H]3C(F)(F)F)cc2F)C(=O)O)cc1. The largest absolute Gasteiger partial charge is 0.480 e. The molecule has 0 unspecified atom stereocenters. The Labute approximate surface area is 249 Å². The van der Waals surface area contributed by atoms with Crippen molar-refractivity contribution in [3.63, 3.8) is 0 Å². The summed E-state index contributed by atoms with van der Waals surface area (Å²) in [5, 5.41) is 11.6. The van der Waals surface area contributed by atoms with E-state index in [0.717, 1.165) is 18.5 Å². The number of aryl methyl sites for hydroxylation is 1. The summed E-state index contributed by atoms with van der Waals surface area (Å²) in [7, 11) is 1.16. The number of aromatic nitrogens is 1. The highest BCUT2D eigenvalue weighted by Crippen LogP contribution is 2.35. The number of aliphatic carboxylic acids is 1. The second kappa shape index (κ2) is 12.5. The normalized spacial score (nSPS) is 16.4. The first-order valence-corrected chi connectivity index (χ1v) is 13.2. The fourth-order valence-electron chi connectivity index (χ4n) is 5.05. The van der Waals surface area contributed by atoms with E-state index in [4.69, 9.17) is 4.74 Å². The van der Waals surface area contributed by atoms with Crippen molar-refractivity contribution in [2.24, 2.45) is 7.05 Å². The lowest BCUT2D eigenvalue weighted by atomic mass is 9.96. The Morgan fingerprint density at radius 1 is 1.07 bits per heavy atom. The molecule has 2 atom stereocenters. The Morgan fingerprint density at radius 3 is 2.20 bits per heavy atom. The summed E-state index contributed by atoms with van der Waals surface area (Å²) in [6, 6.07) is 2.34. The number of carbonyl (C=O) groups is 2. The number of alkyl halides is 6. The fraction of sp³-hybridized carbons (Fsp3) is 0.345. The van der Waals surface area contributed by atoms with Crippen LogP contribution in [0.5, 0.6) is 0 Å². The molecule has 0 radical (unpaired) electrons. The van der Waals surface area contributed by atoms with Crippen molar-refractivity contribution in [2.45, 2.75) is 37.8 Å². The molecule has 2 heterocycles. The number of anilines is 1. The van der Waals surface area contributed by atoms with E-state index >= 15 is 0 Å². The lowest BCUT2D eigenvalue weighted by molar-refractivity contribution is -0.167. The average Bonchev–Trinajstić information content (AvgIpc) is 2.94. The van der Waals surface area contributed by atoms with Crippen LogP contribution in [0, 0.1) is 18.6 Å². The molecular weight excluding hydrogens is 622 g/mol. The molecule has 16 heteroatoms. The minimum Gasteiger partial charge on any atom is -0.480 e. The van der Waals surface area contributed by atoms with E-state index in [1.54, 1.807) is 0 Å². The minimum absolute atomic E-state index is 0.108. The molecule has 1 saturated heterocycles. The second-order valence-corrected chi connectivity index (χ2v) is 10.3. The zero-order chi connectivity index (χ0) is 33.4. The van der Waals surface area contributed by atoms with Crippen LogP contribution < -0.4 is 15.8 Å². The number of benzene rings is 2. The molecule has 45 heavy (non-hydrogen) atoms. The quantitative estimate of drug-likeness (QED) is 0.356. The second-order valence-electron chi connectivity index (χ2n) is 10.3. The van der Waals surface area contributed by atoms with Crippen molar-refractivity contribution >= 4 is 17.6 Å². The van der Waals surface area contributed by atoms with Gasteiger partial charge in [-0.05, 0) is 35.7 Å². The molecule has 242 valence electrons. The van der Waals surface area contributed by atoms with Crippen LogP contribution >= 0.6 is 0 Å². The maximum atomic E-state index is 14.9. The molecule has 0 aliphatic carbocycles. The van der Waals surface area contributed by atoms with Crippen molar-refractivity contribution in [2.75, 3.05) is 24.7 Å². The third-order valence-electron chi connectivity index (χ3n) is 7.32. The molecule has 1 aliphatic heterocycles. The molecule has 3 aromatic rings. The number of amides is 1. The number of pyridine rings is 1. The zero-order valence-corrected chi connectivity index (χ0v) is 23.5. The van der Waals surface area contributed by atoms with Crippen molar-refractivity contribution in [1.82, 2.24) is 9.88 Å². The Kier molecular flexibility index (Phi) is 9.28. The molecule has 8 nitrogen and oxygen atoms in total. The van der Waals surface area contributed by atoms with E-state index in [2.05, 4.69) is 0 Å². The van der Waals surface area contributed by atoms with Gasteiger partial charge >= 0.3 is 18.3 Å². The van der Waals surface area contributed by atoms with Crippen LogP contribution in [-0.4, -0.2) is 59.6 Å². The number of carbonyl (C=O) groups excluding carboxylic acids is 1. The van der Waals surface area contributed by atoms with Crippen LogP contribution in [-0.2, 0) is 29.2 Å². The number of nitrogens with zero attached hydrogens (tertiary/aromatic N) is 2. The predicted octanol–water partition coefficient (Wildman–Crippen LogP) is 4.85. The number of halogens is 8. The van der Waals surface area contributed by atoms with Gasteiger partial charge < -0.3 is 24.6 Å². The molecule has 0 saturated carbocycles. The van der Waals surface area contributed by atoms with Crippen LogP contribution in [0.25, 0.3) is 11.1 Å². The number of carboxylic acid groups (broad SMARTS) is 1. The van der Waals surface area contributed by atoms with E-state index in [9.17, 15) is 54.6 Å². The Morgan fingerprint density at radius 2 is 1.67 bits per heavy atom. The number of nitrogens with one attached hydrogen (secondary N) is 1. The molecular formula is C29H25F8N3O5. The van der Waals surface area contributed by atoms with Crippen molar-refractivity contribution in [1.29, 1.82) is 0 Å². The summed E-state index contributed by atoms with van der Waals surface area (Å²) in [6.07, 6.45) is -9.28. The van der Waals surface area contributed by atoms with Crippen LogP contribution in [0.1, 0.15) is 27.0 Å². The highest BCUT2D eigenvalue weighted by molar-refractivity contribution is 5.97. The number of hydrogen-bond donors (Lipinski definition) is 2. The fourth-order valence-corrected chi connectivity index (χ4v) is 5.05. The number of ether oxygens (including phenoxy) is 1. The molecule has 2 N–H and O–H groups in total. The van der Waals surface area contributed by atoms with Crippen molar-refractivity contribution in [3.8, 4) is 11.1 Å². The third kappa shape index (κ3) is 7.10. The smallest absolute Gasteiger partial charge is 0.418 e. The molecule has 4 rings (SSSR count). The molecule has 1 aromatic heterocycles. The van der Waals surface area contributed by atoms with E-state index < -0.39 is 83.3 Å². The first-order valence-electron chi connectivity index (χ1n) is 13.2. The average molecular weight is 648 g/mol. The Bertz CT molecular complexity index is 1650. The third-order valence-corrected chi connectivity index (χ3v) is 7.32.